The third-order valence-electron chi connectivity index (χ3n) is 5.56. The van der Waals surface area contributed by atoms with Gasteiger partial charge in [-0.05, 0) is 25.2 Å². The van der Waals surface area contributed by atoms with Gasteiger partial charge in [0.05, 0.1) is 20.3 Å². The molecule has 0 bridgehead atoms. The quantitative estimate of drug-likeness (QED) is 0.541. The van der Waals surface area contributed by atoms with Crippen molar-refractivity contribution < 1.29 is 23.8 Å². The maximum absolute atomic E-state index is 12.2. The molecular weight excluding hydrogens is 260 g/mol. The lowest BCUT2D eigenvalue weighted by Gasteiger charge is -2.56. The fourth-order valence-corrected chi connectivity index (χ4v) is 4.47. The summed E-state index contributed by atoms with van der Waals surface area (Å²) in [6.07, 6.45) is 3.75. The van der Waals surface area contributed by atoms with Crippen LogP contribution in [0.25, 0.3) is 0 Å². The van der Waals surface area contributed by atoms with Gasteiger partial charge in [0.1, 0.15) is 11.7 Å². The summed E-state index contributed by atoms with van der Waals surface area (Å²) >= 11 is 0. The molecule has 0 aromatic carbocycles. The number of Topliss-reactive ketones (excluding diaryl/α,β-unsaturated/α-hetero) is 1. The van der Waals surface area contributed by atoms with Crippen LogP contribution in [0.1, 0.15) is 39.0 Å². The summed E-state index contributed by atoms with van der Waals surface area (Å²) in [7, 11) is 1.35. The number of ether oxygens (including phenoxy) is 3. The summed E-state index contributed by atoms with van der Waals surface area (Å²) in [6, 6.07) is 0. The number of hydrogen-bond donors (Lipinski definition) is 0. The first-order valence-corrected chi connectivity index (χ1v) is 7.42. The number of fused-ring (bicyclic) bond motifs is 2. The van der Waals surface area contributed by atoms with Gasteiger partial charge in [0.15, 0.2) is 5.79 Å². The van der Waals surface area contributed by atoms with Crippen molar-refractivity contribution in [3.8, 4) is 0 Å². The molecule has 0 aromatic rings. The minimum Gasteiger partial charge on any atom is -0.468 e. The summed E-state index contributed by atoms with van der Waals surface area (Å²) < 4.78 is 16.8. The average molecular weight is 282 g/mol. The summed E-state index contributed by atoms with van der Waals surface area (Å²) in [4.78, 5) is 24.3. The van der Waals surface area contributed by atoms with Gasteiger partial charge in [0.2, 0.25) is 0 Å². The lowest BCUT2D eigenvalue weighted by molar-refractivity contribution is -0.278. The molecule has 0 N–H and O–H groups in total. The van der Waals surface area contributed by atoms with E-state index in [2.05, 4.69) is 6.92 Å². The van der Waals surface area contributed by atoms with E-state index in [1.807, 2.05) is 0 Å². The topological polar surface area (TPSA) is 61.8 Å². The standard InChI is InChI=1S/C15H22O5/c1-14-7-5-11(16)12(13(17)18-2)10(14)4-3-6-15(14)19-8-9-20-15/h10,12H,3-9H2,1-2H3/t10-,12-,14-/m1/s1. The highest BCUT2D eigenvalue weighted by Crippen LogP contribution is 2.59. The molecule has 5 nitrogen and oxygen atoms in total. The van der Waals surface area contributed by atoms with Crippen LogP contribution in [0, 0.1) is 17.3 Å². The molecule has 3 aliphatic rings. The van der Waals surface area contributed by atoms with Crippen LogP contribution in [-0.4, -0.2) is 37.9 Å². The van der Waals surface area contributed by atoms with Crippen LogP contribution in [0.4, 0.5) is 0 Å². The molecule has 1 aliphatic heterocycles. The second kappa shape index (κ2) is 4.81. The van der Waals surface area contributed by atoms with Gasteiger partial charge in [0.25, 0.3) is 0 Å². The molecule has 1 saturated heterocycles. The number of methoxy groups -OCH3 is 1. The second-order valence-electron chi connectivity index (χ2n) is 6.33. The molecule has 20 heavy (non-hydrogen) atoms. The molecule has 1 heterocycles. The molecule has 2 saturated carbocycles. The maximum Gasteiger partial charge on any atom is 0.316 e. The van der Waals surface area contributed by atoms with E-state index in [9.17, 15) is 9.59 Å². The zero-order valence-electron chi connectivity index (χ0n) is 12.1. The van der Waals surface area contributed by atoms with E-state index < -0.39 is 17.7 Å². The maximum atomic E-state index is 12.2. The number of rotatable bonds is 1. The number of carbonyl (C=O) groups is 2. The fourth-order valence-electron chi connectivity index (χ4n) is 4.47. The highest BCUT2D eigenvalue weighted by atomic mass is 16.7. The number of esters is 1. The third-order valence-corrected chi connectivity index (χ3v) is 5.56. The summed E-state index contributed by atoms with van der Waals surface area (Å²) in [6.45, 7) is 3.31. The molecule has 0 amide bonds. The Balaban J connectivity index is 1.98. The van der Waals surface area contributed by atoms with E-state index in [0.29, 0.717) is 19.6 Å². The van der Waals surface area contributed by atoms with E-state index in [1.165, 1.54) is 7.11 Å². The van der Waals surface area contributed by atoms with Gasteiger partial charge in [-0.2, -0.15) is 0 Å². The van der Waals surface area contributed by atoms with Crippen LogP contribution >= 0.6 is 0 Å². The van der Waals surface area contributed by atoms with Gasteiger partial charge in [-0.3, -0.25) is 9.59 Å². The smallest absolute Gasteiger partial charge is 0.316 e. The van der Waals surface area contributed by atoms with Crippen molar-refractivity contribution in [3.05, 3.63) is 0 Å². The molecule has 0 unspecified atom stereocenters. The van der Waals surface area contributed by atoms with Crippen molar-refractivity contribution in [2.75, 3.05) is 20.3 Å². The van der Waals surface area contributed by atoms with Crippen molar-refractivity contribution in [1.29, 1.82) is 0 Å². The zero-order chi connectivity index (χ0) is 14.4. The van der Waals surface area contributed by atoms with Gasteiger partial charge < -0.3 is 14.2 Å². The van der Waals surface area contributed by atoms with E-state index in [4.69, 9.17) is 14.2 Å². The third kappa shape index (κ3) is 1.76. The average Bonchev–Trinajstić information content (AvgIpc) is 2.91. The van der Waals surface area contributed by atoms with Crippen LogP contribution in [0.15, 0.2) is 0 Å². The minimum absolute atomic E-state index is 0.00868. The molecule has 5 heteroatoms. The normalized spacial score (nSPS) is 39.6. The first-order chi connectivity index (χ1) is 9.54. The zero-order valence-corrected chi connectivity index (χ0v) is 12.1. The van der Waals surface area contributed by atoms with Crippen molar-refractivity contribution in [1.82, 2.24) is 0 Å². The largest absolute Gasteiger partial charge is 0.468 e. The van der Waals surface area contributed by atoms with Crippen LogP contribution in [0.3, 0.4) is 0 Å². The van der Waals surface area contributed by atoms with Crippen molar-refractivity contribution in [3.63, 3.8) is 0 Å². The fraction of sp³-hybridized carbons (Fsp3) is 0.867. The van der Waals surface area contributed by atoms with Crippen LogP contribution in [0.2, 0.25) is 0 Å². The van der Waals surface area contributed by atoms with Gasteiger partial charge in [0, 0.05) is 18.3 Å². The molecule has 3 rings (SSSR count). The number of hydrogen-bond acceptors (Lipinski definition) is 5. The Morgan fingerprint density at radius 3 is 2.65 bits per heavy atom. The summed E-state index contributed by atoms with van der Waals surface area (Å²) in [5.74, 6) is -1.69. The molecule has 0 aromatic heterocycles. The van der Waals surface area contributed by atoms with Gasteiger partial charge in [-0.25, -0.2) is 0 Å². The Morgan fingerprint density at radius 2 is 2.00 bits per heavy atom. The van der Waals surface area contributed by atoms with E-state index in [0.717, 1.165) is 25.7 Å². The summed E-state index contributed by atoms with van der Waals surface area (Å²) in [5, 5.41) is 0. The Labute approximate surface area is 118 Å². The van der Waals surface area contributed by atoms with Gasteiger partial charge in [-0.1, -0.05) is 6.92 Å². The van der Waals surface area contributed by atoms with E-state index >= 15 is 0 Å². The van der Waals surface area contributed by atoms with Gasteiger partial charge >= 0.3 is 5.97 Å². The van der Waals surface area contributed by atoms with Gasteiger partial charge in [-0.15, -0.1) is 0 Å². The SMILES string of the molecule is COC(=O)[C@H]1C(=O)CC[C@]2(C)[C@@H]1CCCC21OCCO1. The highest BCUT2D eigenvalue weighted by molar-refractivity contribution is 6.00. The first-order valence-electron chi connectivity index (χ1n) is 7.42. The van der Waals surface area contributed by atoms with Crippen LogP contribution in [0.5, 0.6) is 0 Å². The molecule has 3 fully saturated rings. The molecule has 112 valence electrons. The monoisotopic (exact) mass is 282 g/mol. The van der Waals surface area contributed by atoms with Crippen LogP contribution < -0.4 is 0 Å². The van der Waals surface area contributed by atoms with Crippen molar-refractivity contribution in [2.45, 2.75) is 44.8 Å². The molecule has 2 aliphatic carbocycles. The van der Waals surface area contributed by atoms with Crippen LogP contribution in [-0.2, 0) is 23.8 Å². The first kappa shape index (κ1) is 14.0. The molecule has 3 atom stereocenters. The predicted molar refractivity (Wildman–Crippen MR) is 69.8 cm³/mol. The lowest BCUT2D eigenvalue weighted by atomic mass is 9.53. The Bertz CT molecular complexity index is 418. The Hall–Kier alpha value is -0.940. The van der Waals surface area contributed by atoms with E-state index in [-0.39, 0.29) is 17.1 Å². The molecular formula is C15H22O5. The highest BCUT2D eigenvalue weighted by Gasteiger charge is 2.63. The van der Waals surface area contributed by atoms with E-state index in [1.54, 1.807) is 0 Å². The predicted octanol–water partition coefficient (Wildman–Crippen LogP) is 1.69. The lowest BCUT2D eigenvalue weighted by Crippen LogP contribution is -2.60. The number of carbonyl (C=O) groups excluding carboxylic acids is 2. The number of ketones is 1. The molecule has 0 radical (unpaired) electrons. The Kier molecular flexibility index (Phi) is 3.37. The second-order valence-corrected chi connectivity index (χ2v) is 6.33. The summed E-state index contributed by atoms with van der Waals surface area (Å²) in [5.41, 5.74) is -0.283. The molecule has 1 spiro atoms. The minimum atomic E-state index is -0.649. The van der Waals surface area contributed by atoms with Crippen molar-refractivity contribution >= 4 is 11.8 Å². The Morgan fingerprint density at radius 1 is 1.30 bits per heavy atom. The van der Waals surface area contributed by atoms with Crippen molar-refractivity contribution in [2.24, 2.45) is 17.3 Å².